The molecule has 0 atom stereocenters. The SMILES string of the molecule is FC(F)(F)c1[nH]c2ccc(Br)cc2c1CNC1CC1. The first kappa shape index (κ1) is 13.0. The van der Waals surface area contributed by atoms with E-state index in [2.05, 4.69) is 26.2 Å². The number of halogens is 4. The van der Waals surface area contributed by atoms with Gasteiger partial charge in [0.2, 0.25) is 0 Å². The Morgan fingerprint density at radius 3 is 2.68 bits per heavy atom. The van der Waals surface area contributed by atoms with E-state index in [1.54, 1.807) is 18.2 Å². The zero-order valence-corrected chi connectivity index (χ0v) is 11.5. The second-order valence-electron chi connectivity index (χ2n) is 4.82. The molecule has 1 heterocycles. The second kappa shape index (κ2) is 4.52. The van der Waals surface area contributed by atoms with Crippen molar-refractivity contribution < 1.29 is 13.2 Å². The van der Waals surface area contributed by atoms with Crippen LogP contribution in [0.5, 0.6) is 0 Å². The van der Waals surface area contributed by atoms with E-state index in [9.17, 15) is 13.2 Å². The summed E-state index contributed by atoms with van der Waals surface area (Å²) in [5.41, 5.74) is 0.174. The Morgan fingerprint density at radius 2 is 2.05 bits per heavy atom. The normalized spacial score (nSPS) is 16.2. The standard InChI is InChI=1S/C13H12BrF3N2/c14-7-1-4-11-9(5-7)10(6-18-8-2-3-8)12(19-11)13(15,16)17/h1,4-5,8,18-19H,2-3,6H2. The van der Waals surface area contributed by atoms with Crippen LogP contribution in [0.25, 0.3) is 10.9 Å². The summed E-state index contributed by atoms with van der Waals surface area (Å²) >= 11 is 3.30. The molecule has 0 bridgehead atoms. The molecule has 0 radical (unpaired) electrons. The number of aromatic nitrogens is 1. The van der Waals surface area contributed by atoms with Crippen molar-refractivity contribution in [2.24, 2.45) is 0 Å². The summed E-state index contributed by atoms with van der Waals surface area (Å²) < 4.78 is 39.9. The van der Waals surface area contributed by atoms with Crippen LogP contribution in [0.4, 0.5) is 13.2 Å². The van der Waals surface area contributed by atoms with E-state index in [1.165, 1.54) is 0 Å². The Morgan fingerprint density at radius 1 is 1.32 bits per heavy atom. The van der Waals surface area contributed by atoms with Crippen molar-refractivity contribution >= 4 is 26.8 Å². The minimum atomic E-state index is -4.36. The third-order valence-electron chi connectivity index (χ3n) is 3.30. The topological polar surface area (TPSA) is 27.8 Å². The minimum absolute atomic E-state index is 0.246. The molecule has 6 heteroatoms. The molecule has 0 amide bonds. The van der Waals surface area contributed by atoms with Crippen LogP contribution in [0, 0.1) is 0 Å². The second-order valence-corrected chi connectivity index (χ2v) is 5.74. The molecule has 1 aromatic heterocycles. The molecular weight excluding hydrogens is 321 g/mol. The molecule has 102 valence electrons. The highest BCUT2D eigenvalue weighted by molar-refractivity contribution is 9.10. The fourth-order valence-corrected chi connectivity index (χ4v) is 2.54. The number of aromatic amines is 1. The van der Waals surface area contributed by atoms with Gasteiger partial charge in [-0.15, -0.1) is 0 Å². The predicted molar refractivity (Wildman–Crippen MR) is 70.9 cm³/mol. The zero-order valence-electron chi connectivity index (χ0n) is 9.94. The lowest BCUT2D eigenvalue weighted by Crippen LogP contribution is -2.18. The molecule has 1 aliphatic carbocycles. The fraction of sp³-hybridized carbons (Fsp3) is 0.385. The number of fused-ring (bicyclic) bond motifs is 1. The van der Waals surface area contributed by atoms with Crippen LogP contribution in [-0.2, 0) is 12.7 Å². The van der Waals surface area contributed by atoms with Crippen LogP contribution in [-0.4, -0.2) is 11.0 Å². The highest BCUT2D eigenvalue weighted by atomic mass is 79.9. The number of H-pyrrole nitrogens is 1. The van der Waals surface area contributed by atoms with Gasteiger partial charge in [0.25, 0.3) is 0 Å². The molecule has 19 heavy (non-hydrogen) atoms. The Labute approximate surface area is 116 Å². The molecule has 0 saturated heterocycles. The van der Waals surface area contributed by atoms with Gasteiger partial charge in [0.15, 0.2) is 0 Å². The van der Waals surface area contributed by atoms with Crippen LogP contribution >= 0.6 is 15.9 Å². The molecule has 1 aromatic carbocycles. The maximum Gasteiger partial charge on any atom is 0.431 e. The molecule has 3 rings (SSSR count). The van der Waals surface area contributed by atoms with Gasteiger partial charge in [-0.2, -0.15) is 13.2 Å². The number of rotatable bonds is 3. The van der Waals surface area contributed by atoms with Gasteiger partial charge >= 0.3 is 6.18 Å². The number of alkyl halides is 3. The van der Waals surface area contributed by atoms with Gasteiger partial charge in [-0.3, -0.25) is 0 Å². The van der Waals surface area contributed by atoms with Gasteiger partial charge in [0.05, 0.1) is 0 Å². The molecule has 0 unspecified atom stereocenters. The van der Waals surface area contributed by atoms with E-state index < -0.39 is 11.9 Å². The maximum atomic E-state index is 13.1. The lowest BCUT2D eigenvalue weighted by Gasteiger charge is -2.09. The van der Waals surface area contributed by atoms with Crippen molar-refractivity contribution in [3.8, 4) is 0 Å². The number of hydrogen-bond donors (Lipinski definition) is 2. The van der Waals surface area contributed by atoms with Crippen LogP contribution in [0.1, 0.15) is 24.1 Å². The van der Waals surface area contributed by atoms with Crippen LogP contribution < -0.4 is 5.32 Å². The summed E-state index contributed by atoms with van der Waals surface area (Å²) in [5, 5.41) is 3.77. The van der Waals surface area contributed by atoms with Crippen molar-refractivity contribution in [3.05, 3.63) is 33.9 Å². The minimum Gasteiger partial charge on any atom is -0.351 e. The first-order chi connectivity index (χ1) is 8.95. The van der Waals surface area contributed by atoms with Crippen molar-refractivity contribution in [3.63, 3.8) is 0 Å². The van der Waals surface area contributed by atoms with E-state index in [0.29, 0.717) is 22.5 Å². The highest BCUT2D eigenvalue weighted by Gasteiger charge is 2.36. The summed E-state index contributed by atoms with van der Waals surface area (Å²) in [6.45, 7) is 0.246. The van der Waals surface area contributed by atoms with E-state index in [0.717, 1.165) is 17.3 Å². The summed E-state index contributed by atoms with van der Waals surface area (Å²) in [4.78, 5) is 2.49. The van der Waals surface area contributed by atoms with E-state index in [-0.39, 0.29) is 6.54 Å². The van der Waals surface area contributed by atoms with Crippen LogP contribution in [0.3, 0.4) is 0 Å². The summed E-state index contributed by atoms with van der Waals surface area (Å²) in [6, 6.07) is 5.50. The average molecular weight is 333 g/mol. The molecule has 0 aliphatic heterocycles. The predicted octanol–water partition coefficient (Wildman–Crippen LogP) is 4.20. The van der Waals surface area contributed by atoms with Gasteiger partial charge < -0.3 is 10.3 Å². The van der Waals surface area contributed by atoms with Crippen LogP contribution in [0.2, 0.25) is 0 Å². The van der Waals surface area contributed by atoms with E-state index in [4.69, 9.17) is 0 Å². The Kier molecular flexibility index (Phi) is 3.09. The first-order valence-corrected chi connectivity index (χ1v) is 6.85. The molecule has 1 fully saturated rings. The van der Waals surface area contributed by atoms with Gasteiger partial charge in [-0.05, 0) is 31.0 Å². The van der Waals surface area contributed by atoms with Gasteiger partial charge in [-0.25, -0.2) is 0 Å². The van der Waals surface area contributed by atoms with Gasteiger partial charge in [-0.1, -0.05) is 15.9 Å². The molecule has 2 nitrogen and oxygen atoms in total. The monoisotopic (exact) mass is 332 g/mol. The van der Waals surface area contributed by atoms with E-state index >= 15 is 0 Å². The smallest absolute Gasteiger partial charge is 0.351 e. The fourth-order valence-electron chi connectivity index (χ4n) is 2.18. The summed E-state index contributed by atoms with van der Waals surface area (Å²) in [7, 11) is 0. The third kappa shape index (κ3) is 2.65. The Hall–Kier alpha value is -1.01. The maximum absolute atomic E-state index is 13.1. The van der Waals surface area contributed by atoms with Gasteiger partial charge in [0, 0.05) is 33.5 Å². The largest absolute Gasteiger partial charge is 0.431 e. The number of nitrogens with one attached hydrogen (secondary N) is 2. The third-order valence-corrected chi connectivity index (χ3v) is 3.79. The van der Waals surface area contributed by atoms with Crippen molar-refractivity contribution in [2.45, 2.75) is 31.6 Å². The molecule has 0 spiro atoms. The first-order valence-electron chi connectivity index (χ1n) is 6.06. The van der Waals surface area contributed by atoms with Gasteiger partial charge in [0.1, 0.15) is 5.69 Å². The van der Waals surface area contributed by atoms with Crippen LogP contribution in [0.15, 0.2) is 22.7 Å². The van der Waals surface area contributed by atoms with Crippen molar-refractivity contribution in [2.75, 3.05) is 0 Å². The Balaban J connectivity index is 2.08. The highest BCUT2D eigenvalue weighted by Crippen LogP contribution is 2.36. The lowest BCUT2D eigenvalue weighted by atomic mass is 10.1. The molecule has 2 N–H and O–H groups in total. The molecule has 1 aliphatic rings. The Bertz CT molecular complexity index is 614. The van der Waals surface area contributed by atoms with E-state index in [1.807, 2.05) is 0 Å². The number of benzene rings is 1. The summed E-state index contributed by atoms with van der Waals surface area (Å²) in [5.74, 6) is 0. The molecule has 1 saturated carbocycles. The van der Waals surface area contributed by atoms with Crippen molar-refractivity contribution in [1.82, 2.24) is 10.3 Å². The number of hydrogen-bond acceptors (Lipinski definition) is 1. The quantitative estimate of drug-likeness (QED) is 0.866. The zero-order chi connectivity index (χ0) is 13.6. The lowest BCUT2D eigenvalue weighted by molar-refractivity contribution is -0.141. The molecule has 2 aromatic rings. The van der Waals surface area contributed by atoms with Crippen molar-refractivity contribution in [1.29, 1.82) is 0 Å². The molecular formula is C13H12BrF3N2. The summed E-state index contributed by atoms with van der Waals surface area (Å²) in [6.07, 6.45) is -2.26. The average Bonchev–Trinajstić information content (AvgIpc) is 3.07.